The summed E-state index contributed by atoms with van der Waals surface area (Å²) in [6, 6.07) is 6.36. The van der Waals surface area contributed by atoms with Crippen LogP contribution in [-0.2, 0) is 26.0 Å². The number of benzene rings is 1. The van der Waals surface area contributed by atoms with Crippen molar-refractivity contribution in [3.8, 4) is 0 Å². The Morgan fingerprint density at radius 1 is 1.35 bits per heavy atom. The molecule has 0 aliphatic rings. The van der Waals surface area contributed by atoms with Gasteiger partial charge in [-0.15, -0.1) is 0 Å². The van der Waals surface area contributed by atoms with Crippen molar-refractivity contribution < 1.29 is 18.0 Å². The molecule has 3 N–H and O–H groups in total. The molecular weight excluding hydrogens is 244 g/mol. The molecule has 1 rings (SSSR count). The maximum atomic E-state index is 11.2. The molecule has 17 heavy (non-hydrogen) atoms. The molecule has 1 aromatic rings. The SMILES string of the molecule is CS(=O)(=O)c1ccc(CNOCC(N)=O)cc1. The molecule has 0 atom stereocenters. The third-order valence-corrected chi connectivity index (χ3v) is 3.07. The van der Waals surface area contributed by atoms with E-state index in [2.05, 4.69) is 5.48 Å². The van der Waals surface area contributed by atoms with Gasteiger partial charge in [0.25, 0.3) is 0 Å². The molecule has 0 radical (unpaired) electrons. The highest BCUT2D eigenvalue weighted by Gasteiger charge is 2.05. The van der Waals surface area contributed by atoms with Gasteiger partial charge in [0.05, 0.1) is 4.90 Å². The maximum absolute atomic E-state index is 11.2. The summed E-state index contributed by atoms with van der Waals surface area (Å²) in [5.41, 5.74) is 8.25. The summed E-state index contributed by atoms with van der Waals surface area (Å²) in [5.74, 6) is -0.565. The van der Waals surface area contributed by atoms with E-state index in [0.29, 0.717) is 6.54 Å². The predicted octanol–water partition coefficient (Wildman–Crippen LogP) is -0.403. The van der Waals surface area contributed by atoms with Gasteiger partial charge in [0.15, 0.2) is 9.84 Å². The number of nitrogens with two attached hydrogens (primary N) is 1. The summed E-state index contributed by atoms with van der Waals surface area (Å²) in [6.45, 7) is 0.152. The first kappa shape index (κ1) is 13.6. The van der Waals surface area contributed by atoms with Gasteiger partial charge in [0.1, 0.15) is 6.61 Å². The first-order valence-electron chi connectivity index (χ1n) is 4.81. The number of hydrogen-bond donors (Lipinski definition) is 2. The predicted molar refractivity (Wildman–Crippen MR) is 61.5 cm³/mol. The monoisotopic (exact) mass is 258 g/mol. The van der Waals surface area contributed by atoms with Crippen molar-refractivity contribution >= 4 is 15.7 Å². The molecule has 94 valence electrons. The maximum Gasteiger partial charge on any atom is 0.245 e. The minimum absolute atomic E-state index is 0.207. The minimum atomic E-state index is -3.17. The number of carbonyl (C=O) groups excluding carboxylic acids is 1. The molecule has 7 heteroatoms. The summed E-state index contributed by atoms with van der Waals surface area (Å²) in [4.78, 5) is 15.4. The van der Waals surface area contributed by atoms with Crippen molar-refractivity contribution in [2.45, 2.75) is 11.4 Å². The van der Waals surface area contributed by atoms with Crippen molar-refractivity contribution in [3.05, 3.63) is 29.8 Å². The molecule has 0 bridgehead atoms. The van der Waals surface area contributed by atoms with Crippen molar-refractivity contribution in [2.24, 2.45) is 5.73 Å². The largest absolute Gasteiger partial charge is 0.368 e. The molecular formula is C10H14N2O4S. The quantitative estimate of drug-likeness (QED) is 0.534. The second kappa shape index (κ2) is 5.76. The molecule has 1 aromatic carbocycles. The Balaban J connectivity index is 2.49. The van der Waals surface area contributed by atoms with Crippen LogP contribution in [0.2, 0.25) is 0 Å². The number of carbonyl (C=O) groups is 1. The van der Waals surface area contributed by atoms with E-state index in [9.17, 15) is 13.2 Å². The van der Waals surface area contributed by atoms with E-state index in [0.717, 1.165) is 11.8 Å². The lowest BCUT2D eigenvalue weighted by atomic mass is 10.2. The highest BCUT2D eigenvalue weighted by molar-refractivity contribution is 7.90. The second-order valence-corrected chi connectivity index (χ2v) is 5.51. The van der Waals surface area contributed by atoms with E-state index in [4.69, 9.17) is 10.6 Å². The molecule has 0 heterocycles. The first-order valence-corrected chi connectivity index (χ1v) is 6.70. The van der Waals surface area contributed by atoms with Crippen LogP contribution in [0.1, 0.15) is 5.56 Å². The summed E-state index contributed by atoms with van der Waals surface area (Å²) in [5, 5.41) is 0. The fourth-order valence-corrected chi connectivity index (χ4v) is 1.74. The summed E-state index contributed by atoms with van der Waals surface area (Å²) >= 11 is 0. The van der Waals surface area contributed by atoms with Crippen LogP contribution in [0.15, 0.2) is 29.2 Å². The molecule has 0 aliphatic carbocycles. The van der Waals surface area contributed by atoms with Gasteiger partial charge in [-0.1, -0.05) is 12.1 Å². The Hall–Kier alpha value is -1.44. The van der Waals surface area contributed by atoms with Gasteiger partial charge < -0.3 is 5.73 Å². The van der Waals surface area contributed by atoms with E-state index >= 15 is 0 Å². The smallest absolute Gasteiger partial charge is 0.245 e. The van der Waals surface area contributed by atoms with Gasteiger partial charge >= 0.3 is 0 Å². The molecule has 0 saturated carbocycles. The molecule has 0 aromatic heterocycles. The van der Waals surface area contributed by atoms with Crippen molar-refractivity contribution in [1.82, 2.24) is 5.48 Å². The normalized spacial score (nSPS) is 11.4. The molecule has 0 aliphatic heterocycles. The number of rotatable bonds is 6. The fraction of sp³-hybridized carbons (Fsp3) is 0.300. The van der Waals surface area contributed by atoms with Crippen molar-refractivity contribution in [3.63, 3.8) is 0 Å². The Morgan fingerprint density at radius 2 is 1.94 bits per heavy atom. The van der Waals surface area contributed by atoms with Crippen molar-refractivity contribution in [1.29, 1.82) is 0 Å². The van der Waals surface area contributed by atoms with E-state index in [-0.39, 0.29) is 11.5 Å². The minimum Gasteiger partial charge on any atom is -0.368 e. The van der Waals surface area contributed by atoms with Crippen LogP contribution in [0, 0.1) is 0 Å². The van der Waals surface area contributed by atoms with E-state index < -0.39 is 15.7 Å². The average Bonchev–Trinajstić information content (AvgIpc) is 2.23. The summed E-state index contributed by atoms with van der Waals surface area (Å²) < 4.78 is 22.4. The molecule has 0 spiro atoms. The molecule has 0 unspecified atom stereocenters. The molecule has 0 saturated heterocycles. The van der Waals surface area contributed by atoms with Crippen LogP contribution in [0.3, 0.4) is 0 Å². The number of amides is 1. The summed E-state index contributed by atoms with van der Waals surface area (Å²) in [7, 11) is -3.17. The molecule has 1 amide bonds. The van der Waals surface area contributed by atoms with Crippen LogP contribution in [0.5, 0.6) is 0 Å². The molecule has 6 nitrogen and oxygen atoms in total. The standard InChI is InChI=1S/C10H14N2O4S/c1-17(14,15)9-4-2-8(3-5-9)6-12-16-7-10(11)13/h2-5,12H,6-7H2,1H3,(H2,11,13). The number of sulfone groups is 1. The zero-order valence-electron chi connectivity index (χ0n) is 9.34. The van der Waals surface area contributed by atoms with Gasteiger partial charge in [-0.05, 0) is 17.7 Å². The van der Waals surface area contributed by atoms with E-state index in [1.807, 2.05) is 0 Å². The number of primary amides is 1. The second-order valence-electron chi connectivity index (χ2n) is 3.49. The van der Waals surface area contributed by atoms with E-state index in [1.165, 1.54) is 12.1 Å². The summed E-state index contributed by atoms with van der Waals surface area (Å²) in [6.07, 6.45) is 1.15. The highest BCUT2D eigenvalue weighted by Crippen LogP contribution is 2.09. The number of hydroxylamine groups is 1. The molecule has 0 fully saturated rings. The Bertz CT molecular complexity index is 482. The zero-order chi connectivity index (χ0) is 12.9. The number of hydrogen-bond acceptors (Lipinski definition) is 5. The van der Waals surface area contributed by atoms with Gasteiger partial charge in [0.2, 0.25) is 5.91 Å². The topological polar surface area (TPSA) is 98.5 Å². The van der Waals surface area contributed by atoms with Crippen LogP contribution in [-0.4, -0.2) is 27.2 Å². The lowest BCUT2D eigenvalue weighted by Gasteiger charge is -2.05. The Kier molecular flexibility index (Phi) is 4.62. The third kappa shape index (κ3) is 4.94. The van der Waals surface area contributed by atoms with Crippen LogP contribution < -0.4 is 11.2 Å². The van der Waals surface area contributed by atoms with Gasteiger partial charge in [-0.2, -0.15) is 5.48 Å². The first-order chi connectivity index (χ1) is 7.89. The Morgan fingerprint density at radius 3 is 2.41 bits per heavy atom. The Labute approximate surface area is 99.6 Å². The van der Waals surface area contributed by atoms with Gasteiger partial charge in [-0.3, -0.25) is 9.63 Å². The van der Waals surface area contributed by atoms with Crippen LogP contribution >= 0.6 is 0 Å². The van der Waals surface area contributed by atoms with Gasteiger partial charge in [-0.25, -0.2) is 8.42 Å². The highest BCUT2D eigenvalue weighted by atomic mass is 32.2. The van der Waals surface area contributed by atoms with Crippen molar-refractivity contribution in [2.75, 3.05) is 12.9 Å². The van der Waals surface area contributed by atoms with Crippen LogP contribution in [0.25, 0.3) is 0 Å². The van der Waals surface area contributed by atoms with E-state index in [1.54, 1.807) is 12.1 Å². The zero-order valence-corrected chi connectivity index (χ0v) is 10.2. The van der Waals surface area contributed by atoms with Crippen LogP contribution in [0.4, 0.5) is 0 Å². The third-order valence-electron chi connectivity index (χ3n) is 1.94. The van der Waals surface area contributed by atoms with Gasteiger partial charge in [0, 0.05) is 12.8 Å². The lowest BCUT2D eigenvalue weighted by Crippen LogP contribution is -2.24. The average molecular weight is 258 g/mol. The lowest BCUT2D eigenvalue weighted by molar-refractivity contribution is -0.125. The number of nitrogens with one attached hydrogen (secondary N) is 1. The fourth-order valence-electron chi connectivity index (χ4n) is 1.11.